The molecule has 1 fully saturated rings. The number of carbonyl (C=O) groups excluding carboxylic acids is 5. The Hall–Kier alpha value is -2.81. The molecule has 0 radical (unpaired) electrons. The van der Waals surface area contributed by atoms with Gasteiger partial charge in [-0.15, -0.1) is 0 Å². The Morgan fingerprint density at radius 2 is 1.46 bits per heavy atom. The number of nitrogens with one attached hydrogen (secondary N) is 2. The molecular formula is C25H44N4O10. The van der Waals surface area contributed by atoms with E-state index in [9.17, 15) is 24.0 Å². The highest BCUT2D eigenvalue weighted by atomic mass is 16.7. The van der Waals surface area contributed by atoms with Crippen molar-refractivity contribution >= 4 is 29.7 Å². The molecule has 0 bridgehead atoms. The van der Waals surface area contributed by atoms with Crippen LogP contribution in [-0.2, 0) is 47.7 Å². The van der Waals surface area contributed by atoms with Gasteiger partial charge in [0.1, 0.15) is 18.8 Å². The van der Waals surface area contributed by atoms with E-state index in [1.807, 2.05) is 0 Å². The van der Waals surface area contributed by atoms with Crippen molar-refractivity contribution in [3.05, 3.63) is 0 Å². The zero-order valence-corrected chi connectivity index (χ0v) is 23.3. The molecule has 1 aliphatic heterocycles. The van der Waals surface area contributed by atoms with Crippen LogP contribution < -0.4 is 22.1 Å². The van der Waals surface area contributed by atoms with Gasteiger partial charge in [-0.25, -0.2) is 0 Å². The molecule has 1 rings (SSSR count). The van der Waals surface area contributed by atoms with Crippen LogP contribution >= 0.6 is 0 Å². The highest BCUT2D eigenvalue weighted by Crippen LogP contribution is 2.28. The smallest absolute Gasteiger partial charge is 0.303 e. The van der Waals surface area contributed by atoms with Crippen molar-refractivity contribution in [1.29, 1.82) is 0 Å². The highest BCUT2D eigenvalue weighted by Gasteiger charge is 2.51. The van der Waals surface area contributed by atoms with Crippen LogP contribution in [-0.4, -0.2) is 93.2 Å². The summed E-state index contributed by atoms with van der Waals surface area (Å²) in [5, 5.41) is 5.53. The molecule has 14 heteroatoms. The van der Waals surface area contributed by atoms with Crippen molar-refractivity contribution in [1.82, 2.24) is 10.6 Å². The van der Waals surface area contributed by atoms with Gasteiger partial charge >= 0.3 is 17.9 Å². The van der Waals surface area contributed by atoms with Gasteiger partial charge in [-0.2, -0.15) is 0 Å². The van der Waals surface area contributed by atoms with Gasteiger partial charge in [0.05, 0.1) is 0 Å². The van der Waals surface area contributed by atoms with E-state index in [0.717, 1.165) is 6.92 Å². The summed E-state index contributed by atoms with van der Waals surface area (Å²) in [6.07, 6.45) is -1.64. The van der Waals surface area contributed by atoms with Gasteiger partial charge in [-0.3, -0.25) is 24.0 Å². The lowest BCUT2D eigenvalue weighted by Gasteiger charge is -2.45. The maximum atomic E-state index is 12.6. The van der Waals surface area contributed by atoms with Gasteiger partial charge in [0.2, 0.25) is 11.8 Å². The third-order valence-corrected chi connectivity index (χ3v) is 5.86. The van der Waals surface area contributed by atoms with Crippen LogP contribution in [0.2, 0.25) is 0 Å². The minimum Gasteiger partial charge on any atom is -0.463 e. The monoisotopic (exact) mass is 560 g/mol. The molecule has 1 aliphatic rings. The van der Waals surface area contributed by atoms with Crippen molar-refractivity contribution in [3.63, 3.8) is 0 Å². The van der Waals surface area contributed by atoms with Crippen LogP contribution in [0.15, 0.2) is 0 Å². The Balaban J connectivity index is 3.04. The predicted octanol–water partition coefficient (Wildman–Crippen LogP) is -0.741. The fourth-order valence-corrected chi connectivity index (χ4v) is 4.19. The molecule has 0 aromatic heterocycles. The van der Waals surface area contributed by atoms with Gasteiger partial charge in [0.25, 0.3) is 0 Å². The second-order valence-electron chi connectivity index (χ2n) is 9.29. The molecule has 0 aliphatic carbocycles. The van der Waals surface area contributed by atoms with Gasteiger partial charge < -0.3 is 45.8 Å². The van der Waals surface area contributed by atoms with Crippen LogP contribution in [0.1, 0.15) is 59.8 Å². The molecule has 0 aromatic carbocycles. The van der Waals surface area contributed by atoms with Crippen LogP contribution in [0.5, 0.6) is 0 Å². The fraction of sp³-hybridized carbons (Fsp3) is 0.800. The van der Waals surface area contributed by atoms with E-state index < -0.39 is 54.5 Å². The number of hydrogen-bond donors (Lipinski definition) is 4. The molecule has 1 unspecified atom stereocenters. The molecular weight excluding hydrogens is 516 g/mol. The summed E-state index contributed by atoms with van der Waals surface area (Å²) in [6, 6.07) is -1.04. The predicted molar refractivity (Wildman–Crippen MR) is 138 cm³/mol. The number of nitrogens with two attached hydrogens (primary N) is 2. The quantitative estimate of drug-likeness (QED) is 0.0985. The first kappa shape index (κ1) is 34.2. The number of ether oxygens (including phenoxy) is 5. The number of amides is 2. The number of hydrogen-bond acceptors (Lipinski definition) is 12. The minimum atomic E-state index is -1.19. The van der Waals surface area contributed by atoms with Gasteiger partial charge in [-0.1, -0.05) is 0 Å². The lowest BCUT2D eigenvalue weighted by Crippen LogP contribution is -2.66. The third kappa shape index (κ3) is 13.2. The summed E-state index contributed by atoms with van der Waals surface area (Å²) in [5.41, 5.74) is 11.1. The second-order valence-corrected chi connectivity index (χ2v) is 9.29. The lowest BCUT2D eigenvalue weighted by molar-refractivity contribution is -0.278. The first-order valence-electron chi connectivity index (χ1n) is 13.2. The number of esters is 3. The van der Waals surface area contributed by atoms with Crippen LogP contribution in [0.25, 0.3) is 0 Å². The van der Waals surface area contributed by atoms with Crippen LogP contribution in [0.4, 0.5) is 0 Å². The first-order valence-corrected chi connectivity index (χ1v) is 13.2. The molecule has 2 amide bonds. The Bertz CT molecular complexity index is 812. The van der Waals surface area contributed by atoms with E-state index in [2.05, 4.69) is 10.6 Å². The second kappa shape index (κ2) is 18.5. The zero-order valence-electron chi connectivity index (χ0n) is 23.3. The van der Waals surface area contributed by atoms with E-state index in [1.165, 1.54) is 20.8 Å². The molecule has 0 spiro atoms. The van der Waals surface area contributed by atoms with Crippen molar-refractivity contribution < 1.29 is 47.7 Å². The summed E-state index contributed by atoms with van der Waals surface area (Å²) in [4.78, 5) is 59.8. The molecule has 39 heavy (non-hydrogen) atoms. The number of rotatable bonds is 17. The minimum absolute atomic E-state index is 0.0810. The molecule has 1 saturated heterocycles. The summed E-state index contributed by atoms with van der Waals surface area (Å²) >= 11 is 0. The summed E-state index contributed by atoms with van der Waals surface area (Å²) in [6.45, 7) is 6.03. The zero-order chi connectivity index (χ0) is 29.4. The normalized spacial score (nSPS) is 23.3. The largest absolute Gasteiger partial charge is 0.463 e. The van der Waals surface area contributed by atoms with E-state index in [-0.39, 0.29) is 25.0 Å². The Labute approximate surface area is 229 Å². The third-order valence-electron chi connectivity index (χ3n) is 5.86. The molecule has 0 aromatic rings. The van der Waals surface area contributed by atoms with E-state index >= 15 is 0 Å². The molecule has 14 nitrogen and oxygen atoms in total. The van der Waals surface area contributed by atoms with Crippen LogP contribution in [0.3, 0.4) is 0 Å². The Morgan fingerprint density at radius 3 is 2.03 bits per heavy atom. The first-order chi connectivity index (χ1) is 18.5. The average molecular weight is 561 g/mol. The SMILES string of the molecule is CC(=O)N[C@H]1[C@H](OCCCC(CCCN)C(=O)NCCCN)O[C@H](COC(C)=O)[C@H](OC(C)=O)[C@@H]1OC(C)=O. The average Bonchev–Trinajstić information content (AvgIpc) is 2.84. The summed E-state index contributed by atoms with van der Waals surface area (Å²) in [7, 11) is 0. The van der Waals surface area contributed by atoms with E-state index in [4.69, 9.17) is 35.2 Å². The highest BCUT2D eigenvalue weighted by molar-refractivity contribution is 5.78. The molecule has 1 heterocycles. The molecule has 0 saturated carbocycles. The molecule has 6 N–H and O–H groups in total. The van der Waals surface area contributed by atoms with Gasteiger partial charge in [-0.05, 0) is 45.2 Å². The topological polar surface area (TPSA) is 208 Å². The van der Waals surface area contributed by atoms with Crippen molar-refractivity contribution in [2.45, 2.75) is 90.4 Å². The van der Waals surface area contributed by atoms with Crippen molar-refractivity contribution in [2.75, 3.05) is 32.8 Å². The standard InChI is InChI=1S/C25H44N4O10/c1-15(30)29-21-23(38-18(4)33)22(37-17(3)32)20(14-36-16(2)31)39-25(21)35-13-6-9-19(8-5-10-26)24(34)28-12-7-11-27/h19-23,25H,5-14,26-27H2,1-4H3,(H,28,34)(H,29,30)/t19?,20-,21-,22+,23-,25-/m1/s1. The maximum Gasteiger partial charge on any atom is 0.303 e. The molecule has 6 atom stereocenters. The lowest BCUT2D eigenvalue weighted by atomic mass is 9.95. The Morgan fingerprint density at radius 1 is 0.846 bits per heavy atom. The van der Waals surface area contributed by atoms with Gasteiger partial charge in [0, 0.05) is 46.8 Å². The van der Waals surface area contributed by atoms with Crippen molar-refractivity contribution in [3.8, 4) is 0 Å². The van der Waals surface area contributed by atoms with Crippen molar-refractivity contribution in [2.24, 2.45) is 17.4 Å². The van der Waals surface area contributed by atoms with E-state index in [1.54, 1.807) is 0 Å². The molecule has 224 valence electrons. The summed E-state index contributed by atoms with van der Waals surface area (Å²) < 4.78 is 27.8. The fourth-order valence-electron chi connectivity index (χ4n) is 4.19. The Kier molecular flexibility index (Phi) is 16.2. The number of carbonyl (C=O) groups is 5. The summed E-state index contributed by atoms with van der Waals surface area (Å²) in [5.74, 6) is -2.80. The maximum absolute atomic E-state index is 12.6. The van der Waals surface area contributed by atoms with Gasteiger partial charge in [0.15, 0.2) is 18.5 Å². The van der Waals surface area contributed by atoms with E-state index in [0.29, 0.717) is 51.7 Å². The van der Waals surface area contributed by atoms with Crippen LogP contribution in [0, 0.1) is 5.92 Å².